The second-order valence-electron chi connectivity index (χ2n) is 13.0. The Balaban J connectivity index is 0.999. The van der Waals surface area contributed by atoms with E-state index in [1.54, 1.807) is 6.08 Å². The number of benzene rings is 1. The first-order chi connectivity index (χ1) is 18.3. The monoisotopic (exact) mass is 513 g/mol. The Morgan fingerprint density at radius 2 is 1.87 bits per heavy atom. The predicted octanol–water partition coefficient (Wildman–Crippen LogP) is 5.44. The van der Waals surface area contributed by atoms with Crippen LogP contribution in [-0.2, 0) is 9.59 Å². The molecule has 0 amide bonds. The molecule has 4 aliphatic carbocycles. The van der Waals surface area contributed by atoms with Crippen molar-refractivity contribution in [2.75, 3.05) is 37.6 Å². The van der Waals surface area contributed by atoms with Crippen LogP contribution < -0.4 is 4.90 Å². The molecule has 6 heteroatoms. The van der Waals surface area contributed by atoms with Crippen LogP contribution in [-0.4, -0.2) is 54.2 Å². The van der Waals surface area contributed by atoms with Crippen LogP contribution in [0.3, 0.4) is 0 Å². The average molecular weight is 514 g/mol. The summed E-state index contributed by atoms with van der Waals surface area (Å²) in [6.45, 7) is 8.75. The molecule has 3 saturated carbocycles. The smallest absolute Gasteiger partial charge is 0.298 e. The van der Waals surface area contributed by atoms with Gasteiger partial charge in [0.1, 0.15) is 11.3 Å². The van der Waals surface area contributed by atoms with Gasteiger partial charge < -0.3 is 9.32 Å². The van der Waals surface area contributed by atoms with Crippen LogP contribution in [0.5, 0.6) is 0 Å². The average Bonchev–Trinajstić information content (AvgIpc) is 3.50. The number of fused-ring (bicyclic) bond motifs is 6. The van der Waals surface area contributed by atoms with Crippen molar-refractivity contribution < 1.29 is 14.0 Å². The summed E-state index contributed by atoms with van der Waals surface area (Å²) in [5, 5.41) is 0. The normalized spacial score (nSPS) is 37.1. The van der Waals surface area contributed by atoms with Crippen molar-refractivity contribution in [3.05, 3.63) is 48.1 Å². The molecule has 1 saturated heterocycles. The van der Waals surface area contributed by atoms with Crippen LogP contribution in [0.1, 0.15) is 52.4 Å². The van der Waals surface area contributed by atoms with Crippen molar-refractivity contribution >= 4 is 28.7 Å². The molecule has 1 aliphatic heterocycles. The van der Waals surface area contributed by atoms with E-state index in [-0.39, 0.29) is 22.5 Å². The fourth-order valence-electron chi connectivity index (χ4n) is 9.15. The SMILES string of the molecule is CC12C=CC(=O)C=C1CCC1C2CCC2(C)C(C(=O)CN3CCN(c4nc5ccccc5o4)CC3)CCC12. The van der Waals surface area contributed by atoms with Gasteiger partial charge in [0.15, 0.2) is 11.4 Å². The second kappa shape index (κ2) is 8.90. The summed E-state index contributed by atoms with van der Waals surface area (Å²) >= 11 is 0. The van der Waals surface area contributed by atoms with Crippen molar-refractivity contribution in [3.63, 3.8) is 0 Å². The number of anilines is 1. The summed E-state index contributed by atoms with van der Waals surface area (Å²) in [6.07, 6.45) is 12.6. The highest BCUT2D eigenvalue weighted by molar-refractivity contribution is 6.01. The van der Waals surface area contributed by atoms with Crippen LogP contribution in [0.15, 0.2) is 52.5 Å². The van der Waals surface area contributed by atoms with Gasteiger partial charge in [0, 0.05) is 37.5 Å². The van der Waals surface area contributed by atoms with Gasteiger partial charge in [0.25, 0.3) is 6.01 Å². The summed E-state index contributed by atoms with van der Waals surface area (Å²) in [6, 6.07) is 8.59. The van der Waals surface area contributed by atoms with Gasteiger partial charge in [-0.25, -0.2) is 0 Å². The number of hydrogen-bond donors (Lipinski definition) is 0. The molecule has 1 aromatic carbocycles. The van der Waals surface area contributed by atoms with Gasteiger partial charge in [-0.15, -0.1) is 0 Å². The number of oxazole rings is 1. The number of piperazine rings is 1. The number of nitrogens with zero attached hydrogens (tertiary/aromatic N) is 3. The molecule has 0 bridgehead atoms. The number of Topliss-reactive ketones (excluding diaryl/α,β-unsaturated/α-hetero) is 1. The number of allylic oxidation sites excluding steroid dienone is 4. The van der Waals surface area contributed by atoms with Crippen molar-refractivity contribution in [2.45, 2.75) is 52.4 Å². The lowest BCUT2D eigenvalue weighted by molar-refractivity contribution is -0.130. The number of aromatic nitrogens is 1. The summed E-state index contributed by atoms with van der Waals surface area (Å²) in [4.78, 5) is 35.0. The first-order valence-electron chi connectivity index (χ1n) is 14.6. The van der Waals surface area contributed by atoms with Crippen LogP contribution in [0.4, 0.5) is 6.01 Å². The zero-order valence-corrected chi connectivity index (χ0v) is 22.7. The number of ketones is 2. The van der Waals surface area contributed by atoms with Crippen molar-refractivity contribution in [1.29, 1.82) is 0 Å². The standard InChI is InChI=1S/C32H39N3O3/c1-31-13-11-22(36)19-21(31)7-8-23-24-9-10-26(32(24,2)14-12-25(23)31)28(37)20-34-15-17-35(18-16-34)30-33-27-5-3-4-6-29(27)38-30/h3-6,11,13,19,23-26H,7-10,12,14-18,20H2,1-2H3. The summed E-state index contributed by atoms with van der Waals surface area (Å²) in [7, 11) is 0. The lowest BCUT2D eigenvalue weighted by Gasteiger charge is -2.57. The van der Waals surface area contributed by atoms with Crippen LogP contribution in [0.2, 0.25) is 0 Å². The molecule has 6 unspecified atom stereocenters. The maximum absolute atomic E-state index is 13.8. The topological polar surface area (TPSA) is 66.7 Å². The second-order valence-corrected chi connectivity index (χ2v) is 13.0. The molecule has 200 valence electrons. The molecule has 2 heterocycles. The molecule has 0 N–H and O–H groups in total. The van der Waals surface area contributed by atoms with E-state index in [9.17, 15) is 9.59 Å². The minimum Gasteiger partial charge on any atom is -0.423 e. The van der Waals surface area contributed by atoms with Crippen LogP contribution >= 0.6 is 0 Å². The van der Waals surface area contributed by atoms with E-state index >= 15 is 0 Å². The molecule has 4 fully saturated rings. The quantitative estimate of drug-likeness (QED) is 0.542. The molecule has 2 aromatic rings. The van der Waals surface area contributed by atoms with E-state index in [1.807, 2.05) is 30.3 Å². The molecular formula is C32H39N3O3. The third kappa shape index (κ3) is 3.74. The van der Waals surface area contributed by atoms with Crippen molar-refractivity contribution in [1.82, 2.24) is 9.88 Å². The fraction of sp³-hybridized carbons (Fsp3) is 0.594. The van der Waals surface area contributed by atoms with E-state index in [2.05, 4.69) is 34.7 Å². The van der Waals surface area contributed by atoms with Gasteiger partial charge in [-0.1, -0.05) is 37.6 Å². The van der Waals surface area contributed by atoms with Crippen LogP contribution in [0.25, 0.3) is 11.1 Å². The zero-order valence-electron chi connectivity index (χ0n) is 22.7. The molecule has 1 aromatic heterocycles. The van der Waals surface area contributed by atoms with Gasteiger partial charge in [-0.2, -0.15) is 4.98 Å². The van der Waals surface area contributed by atoms with E-state index in [1.165, 1.54) is 18.4 Å². The molecule has 7 rings (SSSR count). The third-order valence-electron chi connectivity index (χ3n) is 11.3. The van der Waals surface area contributed by atoms with E-state index < -0.39 is 0 Å². The van der Waals surface area contributed by atoms with Crippen molar-refractivity contribution in [3.8, 4) is 0 Å². The maximum Gasteiger partial charge on any atom is 0.298 e. The highest BCUT2D eigenvalue weighted by atomic mass is 16.4. The van der Waals surface area contributed by atoms with Gasteiger partial charge >= 0.3 is 0 Å². The summed E-state index contributed by atoms with van der Waals surface area (Å²) in [5.41, 5.74) is 3.20. The summed E-state index contributed by atoms with van der Waals surface area (Å²) in [5.74, 6) is 2.66. The Morgan fingerprint density at radius 3 is 2.68 bits per heavy atom. The third-order valence-corrected chi connectivity index (χ3v) is 11.3. The van der Waals surface area contributed by atoms with Gasteiger partial charge in [-0.05, 0) is 86.0 Å². The summed E-state index contributed by atoms with van der Waals surface area (Å²) < 4.78 is 5.97. The van der Waals surface area contributed by atoms with E-state index in [0.29, 0.717) is 36.1 Å². The highest BCUT2D eigenvalue weighted by Crippen LogP contribution is 2.66. The Hall–Kier alpha value is -2.73. The van der Waals surface area contributed by atoms with E-state index in [4.69, 9.17) is 4.42 Å². The Kier molecular flexibility index (Phi) is 5.70. The number of para-hydroxylation sites is 2. The number of carbonyl (C=O) groups excluding carboxylic acids is 2. The highest BCUT2D eigenvalue weighted by Gasteiger charge is 2.59. The zero-order chi connectivity index (χ0) is 26.1. The molecule has 0 radical (unpaired) electrons. The fourth-order valence-corrected chi connectivity index (χ4v) is 9.15. The lowest BCUT2D eigenvalue weighted by atomic mass is 9.47. The molecule has 6 nitrogen and oxygen atoms in total. The Bertz CT molecular complexity index is 1300. The van der Waals surface area contributed by atoms with Gasteiger partial charge in [-0.3, -0.25) is 14.5 Å². The molecule has 0 spiro atoms. The molecule has 5 aliphatic rings. The number of hydrogen-bond acceptors (Lipinski definition) is 6. The first-order valence-corrected chi connectivity index (χ1v) is 14.6. The number of rotatable bonds is 4. The van der Waals surface area contributed by atoms with E-state index in [0.717, 1.165) is 63.0 Å². The molecule has 6 atom stereocenters. The molecule has 38 heavy (non-hydrogen) atoms. The lowest BCUT2D eigenvalue weighted by Crippen LogP contribution is -2.52. The van der Waals surface area contributed by atoms with Gasteiger partial charge in [0.05, 0.1) is 6.54 Å². The largest absolute Gasteiger partial charge is 0.423 e. The minimum absolute atomic E-state index is 0.0224. The predicted molar refractivity (Wildman–Crippen MR) is 148 cm³/mol. The Labute approximate surface area is 225 Å². The Morgan fingerprint density at radius 1 is 1.05 bits per heavy atom. The minimum atomic E-state index is 0.0224. The first kappa shape index (κ1) is 24.3. The van der Waals surface area contributed by atoms with Gasteiger partial charge in [0.2, 0.25) is 0 Å². The molecular weight excluding hydrogens is 474 g/mol. The van der Waals surface area contributed by atoms with Crippen molar-refractivity contribution in [2.24, 2.45) is 34.5 Å². The maximum atomic E-state index is 13.8. The van der Waals surface area contributed by atoms with Crippen LogP contribution in [0, 0.1) is 34.5 Å². The number of carbonyl (C=O) groups is 2.